The van der Waals surface area contributed by atoms with E-state index in [1.54, 1.807) is 0 Å². The third-order valence-electron chi connectivity index (χ3n) is 2.28. The van der Waals surface area contributed by atoms with Gasteiger partial charge in [-0.1, -0.05) is 15.9 Å². The summed E-state index contributed by atoms with van der Waals surface area (Å²) in [6.45, 7) is 7.96. The molecule has 0 bridgehead atoms. The zero-order valence-corrected chi connectivity index (χ0v) is 14.7. The Morgan fingerprint density at radius 2 is 2.21 bits per heavy atom. The fraction of sp³-hybridized carbons (Fsp3) is 0.667. The van der Waals surface area contributed by atoms with Crippen LogP contribution in [-0.4, -0.2) is 28.0 Å². The van der Waals surface area contributed by atoms with Crippen LogP contribution in [-0.2, 0) is 10.1 Å². The van der Waals surface area contributed by atoms with Gasteiger partial charge in [0.05, 0.1) is 11.7 Å². The molecular formula is C12H19Br2N3O2. The van der Waals surface area contributed by atoms with Crippen molar-refractivity contribution in [1.82, 2.24) is 15.1 Å². The van der Waals surface area contributed by atoms with Crippen molar-refractivity contribution in [3.05, 3.63) is 16.4 Å². The molecule has 1 rings (SSSR count). The topological polar surface area (TPSA) is 56.1 Å². The van der Waals surface area contributed by atoms with E-state index in [1.807, 2.05) is 38.4 Å². The Kier molecular flexibility index (Phi) is 5.85. The minimum atomic E-state index is -0.483. The van der Waals surface area contributed by atoms with Crippen LogP contribution in [0.3, 0.4) is 0 Å². The minimum Gasteiger partial charge on any atom is -0.444 e. The highest BCUT2D eigenvalue weighted by Crippen LogP contribution is 2.17. The van der Waals surface area contributed by atoms with Gasteiger partial charge in [0.15, 0.2) is 0 Å². The van der Waals surface area contributed by atoms with Gasteiger partial charge in [-0.25, -0.2) is 4.79 Å². The zero-order valence-electron chi connectivity index (χ0n) is 11.5. The number of alkyl halides is 1. The summed E-state index contributed by atoms with van der Waals surface area (Å²) in [4.78, 5) is 11.6. The number of rotatable bonds is 4. The highest BCUT2D eigenvalue weighted by molar-refractivity contribution is 9.10. The summed E-state index contributed by atoms with van der Waals surface area (Å²) in [5.41, 5.74) is 0.564. The van der Waals surface area contributed by atoms with Crippen LogP contribution in [0.25, 0.3) is 0 Å². The SMILES string of the molecule is C[C@@H](CNC(=O)OC(C)(C)C)n1nc(Br)cc1CBr. The molecule has 5 nitrogen and oxygen atoms in total. The Hall–Kier alpha value is -0.560. The molecule has 0 spiro atoms. The average Bonchev–Trinajstić information content (AvgIpc) is 2.65. The molecule has 0 saturated carbocycles. The standard InChI is InChI=1S/C12H19Br2N3O2/c1-8(7-15-11(18)19-12(2,3)4)17-9(6-13)5-10(14)16-17/h5,8H,6-7H2,1-4H3,(H,15,18)/t8-/m0/s1. The van der Waals surface area contributed by atoms with Gasteiger partial charge in [0.25, 0.3) is 0 Å². The summed E-state index contributed by atoms with van der Waals surface area (Å²) in [7, 11) is 0. The van der Waals surface area contributed by atoms with Crippen LogP contribution in [0, 0.1) is 0 Å². The number of halogens is 2. The molecular weight excluding hydrogens is 378 g/mol. The van der Waals surface area contributed by atoms with Crippen LogP contribution < -0.4 is 5.32 Å². The number of amides is 1. The first-order valence-electron chi connectivity index (χ1n) is 5.99. The van der Waals surface area contributed by atoms with Crippen molar-refractivity contribution < 1.29 is 9.53 Å². The van der Waals surface area contributed by atoms with Crippen LogP contribution in [0.2, 0.25) is 0 Å². The van der Waals surface area contributed by atoms with Gasteiger partial charge in [-0.2, -0.15) is 5.10 Å². The number of hydrogen-bond acceptors (Lipinski definition) is 3. The lowest BCUT2D eigenvalue weighted by Crippen LogP contribution is -2.35. The average molecular weight is 397 g/mol. The highest BCUT2D eigenvalue weighted by atomic mass is 79.9. The molecule has 1 heterocycles. The van der Waals surface area contributed by atoms with E-state index in [9.17, 15) is 4.79 Å². The zero-order chi connectivity index (χ0) is 14.6. The van der Waals surface area contributed by atoms with Crippen LogP contribution in [0.1, 0.15) is 39.4 Å². The summed E-state index contributed by atoms with van der Waals surface area (Å²) in [6, 6.07) is 1.99. The van der Waals surface area contributed by atoms with E-state index in [4.69, 9.17) is 4.74 Å². The molecule has 0 aliphatic rings. The van der Waals surface area contributed by atoms with Gasteiger partial charge in [0.1, 0.15) is 10.2 Å². The quantitative estimate of drug-likeness (QED) is 0.790. The molecule has 1 aromatic rings. The predicted molar refractivity (Wildman–Crippen MR) is 81.5 cm³/mol. The maximum Gasteiger partial charge on any atom is 0.407 e. The van der Waals surface area contributed by atoms with E-state index in [1.165, 1.54) is 0 Å². The van der Waals surface area contributed by atoms with Crippen molar-refractivity contribution in [3.63, 3.8) is 0 Å². The van der Waals surface area contributed by atoms with Gasteiger partial charge in [0.2, 0.25) is 0 Å². The predicted octanol–water partition coefficient (Wildman–Crippen LogP) is 3.63. The van der Waals surface area contributed by atoms with Crippen molar-refractivity contribution in [3.8, 4) is 0 Å². The summed E-state index contributed by atoms with van der Waals surface area (Å²) in [5, 5.41) is 7.80. The molecule has 0 saturated heterocycles. The Bertz CT molecular complexity index is 441. The maximum absolute atomic E-state index is 11.6. The van der Waals surface area contributed by atoms with E-state index in [-0.39, 0.29) is 6.04 Å². The number of ether oxygens (including phenoxy) is 1. The first-order valence-corrected chi connectivity index (χ1v) is 7.91. The molecule has 0 aliphatic carbocycles. The van der Waals surface area contributed by atoms with Gasteiger partial charge in [-0.15, -0.1) is 0 Å². The normalized spacial score (nSPS) is 13.2. The monoisotopic (exact) mass is 395 g/mol. The smallest absolute Gasteiger partial charge is 0.407 e. The Morgan fingerprint density at radius 1 is 1.58 bits per heavy atom. The minimum absolute atomic E-state index is 0.0476. The third-order valence-corrected chi connectivity index (χ3v) is 3.24. The fourth-order valence-corrected chi connectivity index (χ4v) is 2.37. The molecule has 1 aromatic heterocycles. The molecule has 0 aliphatic heterocycles. The van der Waals surface area contributed by atoms with Crippen molar-refractivity contribution in [2.45, 2.75) is 44.7 Å². The van der Waals surface area contributed by atoms with Gasteiger partial charge < -0.3 is 10.1 Å². The van der Waals surface area contributed by atoms with Crippen LogP contribution in [0.5, 0.6) is 0 Å². The number of aromatic nitrogens is 2. The maximum atomic E-state index is 11.6. The molecule has 0 radical (unpaired) electrons. The number of carbonyl (C=O) groups is 1. The highest BCUT2D eigenvalue weighted by Gasteiger charge is 2.18. The van der Waals surface area contributed by atoms with Crippen molar-refractivity contribution >= 4 is 38.0 Å². The summed E-state index contributed by atoms with van der Waals surface area (Å²) >= 11 is 6.76. The Balaban J connectivity index is 2.55. The summed E-state index contributed by atoms with van der Waals surface area (Å²) in [5.74, 6) is 0. The molecule has 1 atom stereocenters. The summed E-state index contributed by atoms with van der Waals surface area (Å²) < 4.78 is 7.84. The largest absolute Gasteiger partial charge is 0.444 e. The Labute approximate surface area is 130 Å². The number of nitrogens with zero attached hydrogens (tertiary/aromatic N) is 2. The Morgan fingerprint density at radius 3 is 2.74 bits per heavy atom. The van der Waals surface area contributed by atoms with Crippen LogP contribution in [0.4, 0.5) is 4.79 Å². The first-order chi connectivity index (χ1) is 8.73. The number of hydrogen-bond donors (Lipinski definition) is 1. The van der Waals surface area contributed by atoms with E-state index >= 15 is 0 Å². The van der Waals surface area contributed by atoms with Gasteiger partial charge in [0, 0.05) is 11.9 Å². The lowest BCUT2D eigenvalue weighted by molar-refractivity contribution is 0.0520. The molecule has 1 amide bonds. The van der Waals surface area contributed by atoms with E-state index in [0.29, 0.717) is 11.9 Å². The van der Waals surface area contributed by atoms with Crippen molar-refractivity contribution in [1.29, 1.82) is 0 Å². The second kappa shape index (κ2) is 6.74. The van der Waals surface area contributed by atoms with E-state index < -0.39 is 11.7 Å². The molecule has 108 valence electrons. The summed E-state index contributed by atoms with van der Waals surface area (Å²) in [6.07, 6.45) is -0.411. The van der Waals surface area contributed by atoms with E-state index in [2.05, 4.69) is 42.3 Å². The molecule has 0 aromatic carbocycles. The van der Waals surface area contributed by atoms with Crippen molar-refractivity contribution in [2.24, 2.45) is 0 Å². The van der Waals surface area contributed by atoms with Gasteiger partial charge in [-0.05, 0) is 49.7 Å². The molecule has 1 N–H and O–H groups in total. The van der Waals surface area contributed by atoms with Crippen LogP contribution in [0.15, 0.2) is 10.7 Å². The molecule has 19 heavy (non-hydrogen) atoms. The lowest BCUT2D eigenvalue weighted by Gasteiger charge is -2.21. The van der Waals surface area contributed by atoms with E-state index in [0.717, 1.165) is 10.3 Å². The fourth-order valence-electron chi connectivity index (χ4n) is 1.51. The number of nitrogens with one attached hydrogen (secondary N) is 1. The number of carbonyl (C=O) groups excluding carboxylic acids is 1. The van der Waals surface area contributed by atoms with Gasteiger partial charge in [-0.3, -0.25) is 4.68 Å². The van der Waals surface area contributed by atoms with Crippen molar-refractivity contribution in [2.75, 3.05) is 6.54 Å². The van der Waals surface area contributed by atoms with Crippen LogP contribution >= 0.6 is 31.9 Å². The lowest BCUT2D eigenvalue weighted by atomic mass is 10.2. The first kappa shape index (κ1) is 16.5. The molecule has 0 unspecified atom stereocenters. The molecule has 7 heteroatoms. The number of alkyl carbamates (subject to hydrolysis) is 1. The molecule has 0 fully saturated rings. The second-order valence-electron chi connectivity index (χ2n) is 5.27. The second-order valence-corrected chi connectivity index (χ2v) is 6.64. The van der Waals surface area contributed by atoms with Gasteiger partial charge >= 0.3 is 6.09 Å². The third kappa shape index (κ3) is 5.52.